The lowest BCUT2D eigenvalue weighted by molar-refractivity contribution is 0.0253. The van der Waals surface area contributed by atoms with Crippen LogP contribution in [-0.2, 0) is 4.74 Å². The van der Waals surface area contributed by atoms with Crippen molar-refractivity contribution in [2.45, 2.75) is 39.7 Å². The van der Waals surface area contributed by atoms with Crippen molar-refractivity contribution in [1.82, 2.24) is 25.1 Å². The number of piperazine rings is 1. The molecule has 0 aromatic carbocycles. The number of anilines is 1. The summed E-state index contributed by atoms with van der Waals surface area (Å²) < 4.78 is 5.51. The Balaban J connectivity index is 1.81. The molecule has 2 rings (SSSR count). The highest BCUT2D eigenvalue weighted by Crippen LogP contribution is 2.11. The van der Waals surface area contributed by atoms with Crippen LogP contribution in [0.5, 0.6) is 0 Å². The molecule has 162 valence electrons. The van der Waals surface area contributed by atoms with Gasteiger partial charge in [-0.2, -0.15) is 0 Å². The predicted octanol–water partition coefficient (Wildman–Crippen LogP) is 1.82. The van der Waals surface area contributed by atoms with Crippen molar-refractivity contribution < 1.29 is 9.53 Å². The van der Waals surface area contributed by atoms with Crippen molar-refractivity contribution in [2.24, 2.45) is 4.99 Å². The van der Waals surface area contributed by atoms with Crippen molar-refractivity contribution in [2.75, 3.05) is 57.8 Å². The highest BCUT2D eigenvalue weighted by atomic mass is 16.6. The molecule has 9 heteroatoms. The maximum atomic E-state index is 12.4. The van der Waals surface area contributed by atoms with E-state index in [1.54, 1.807) is 24.3 Å². The Bertz CT molecular complexity index is 653. The fourth-order valence-electron chi connectivity index (χ4n) is 3.10. The Kier molecular flexibility index (Phi) is 8.48. The van der Waals surface area contributed by atoms with Gasteiger partial charge < -0.3 is 24.8 Å². The SMILES string of the molecule is CCCN(CCNC(=NC)N1CCN(c2ncccn2)CC1)C(=O)OC(C)(C)C. The van der Waals surface area contributed by atoms with Crippen LogP contribution in [0.1, 0.15) is 34.1 Å². The molecule has 1 saturated heterocycles. The van der Waals surface area contributed by atoms with E-state index in [1.165, 1.54) is 0 Å². The van der Waals surface area contributed by atoms with Crippen LogP contribution in [0, 0.1) is 0 Å². The fourth-order valence-corrected chi connectivity index (χ4v) is 3.10. The minimum absolute atomic E-state index is 0.271. The number of ether oxygens (including phenoxy) is 1. The normalized spacial score (nSPS) is 15.3. The average Bonchev–Trinajstić information content (AvgIpc) is 2.70. The molecule has 0 bridgehead atoms. The molecular formula is C20H35N7O2. The van der Waals surface area contributed by atoms with Gasteiger partial charge in [-0.3, -0.25) is 4.99 Å². The Morgan fingerprint density at radius 3 is 2.41 bits per heavy atom. The first-order valence-electron chi connectivity index (χ1n) is 10.3. The molecule has 1 aromatic rings. The van der Waals surface area contributed by atoms with Gasteiger partial charge in [0, 0.05) is 65.3 Å². The standard InChI is InChI=1S/C20H35N7O2/c1-6-11-27(19(28)29-20(2,3)4)12-10-24-17(21-5)25-13-15-26(16-14-25)18-22-8-7-9-23-18/h7-9H,6,10-16H2,1-5H3,(H,21,24). The van der Waals surface area contributed by atoms with Crippen LogP contribution < -0.4 is 10.2 Å². The summed E-state index contributed by atoms with van der Waals surface area (Å²) in [6, 6.07) is 1.82. The summed E-state index contributed by atoms with van der Waals surface area (Å²) in [5.74, 6) is 1.61. The smallest absolute Gasteiger partial charge is 0.410 e. The average molecular weight is 406 g/mol. The molecule has 1 aliphatic heterocycles. The zero-order valence-corrected chi connectivity index (χ0v) is 18.4. The molecule has 0 saturated carbocycles. The predicted molar refractivity (Wildman–Crippen MR) is 115 cm³/mol. The molecular weight excluding hydrogens is 370 g/mol. The third kappa shape index (κ3) is 7.40. The summed E-state index contributed by atoms with van der Waals surface area (Å²) >= 11 is 0. The quantitative estimate of drug-likeness (QED) is 0.571. The number of carbonyl (C=O) groups excluding carboxylic acids is 1. The monoisotopic (exact) mass is 405 g/mol. The second-order valence-electron chi connectivity index (χ2n) is 7.96. The maximum absolute atomic E-state index is 12.4. The van der Waals surface area contributed by atoms with Crippen molar-refractivity contribution in [3.8, 4) is 0 Å². The van der Waals surface area contributed by atoms with E-state index in [-0.39, 0.29) is 6.09 Å². The van der Waals surface area contributed by atoms with E-state index in [0.29, 0.717) is 19.6 Å². The molecule has 1 N–H and O–H groups in total. The van der Waals surface area contributed by atoms with Crippen LogP contribution in [0.3, 0.4) is 0 Å². The summed E-state index contributed by atoms with van der Waals surface area (Å²) in [7, 11) is 1.78. The lowest BCUT2D eigenvalue weighted by atomic mass is 10.2. The number of nitrogens with zero attached hydrogens (tertiary/aromatic N) is 6. The molecule has 1 aromatic heterocycles. The van der Waals surface area contributed by atoms with E-state index in [1.807, 2.05) is 26.8 Å². The van der Waals surface area contributed by atoms with E-state index in [0.717, 1.165) is 44.5 Å². The third-order valence-electron chi connectivity index (χ3n) is 4.44. The van der Waals surface area contributed by atoms with Gasteiger partial charge >= 0.3 is 6.09 Å². The lowest BCUT2D eigenvalue weighted by Crippen LogP contribution is -2.53. The minimum Gasteiger partial charge on any atom is -0.444 e. The Morgan fingerprint density at radius 2 is 1.86 bits per heavy atom. The second-order valence-corrected chi connectivity index (χ2v) is 7.96. The zero-order chi connectivity index (χ0) is 21.3. The summed E-state index contributed by atoms with van der Waals surface area (Å²) in [5.41, 5.74) is -0.491. The number of aliphatic imine (C=N–C) groups is 1. The number of guanidine groups is 1. The van der Waals surface area contributed by atoms with Crippen molar-refractivity contribution in [1.29, 1.82) is 0 Å². The second kappa shape index (κ2) is 10.8. The first-order chi connectivity index (χ1) is 13.8. The minimum atomic E-state index is -0.491. The van der Waals surface area contributed by atoms with E-state index in [4.69, 9.17) is 4.74 Å². The number of aromatic nitrogens is 2. The van der Waals surface area contributed by atoms with Crippen LogP contribution in [0.2, 0.25) is 0 Å². The Labute approximate surface area is 174 Å². The summed E-state index contributed by atoms with van der Waals surface area (Å²) in [4.78, 5) is 31.6. The van der Waals surface area contributed by atoms with Gasteiger partial charge in [-0.15, -0.1) is 0 Å². The van der Waals surface area contributed by atoms with Crippen molar-refractivity contribution in [3.05, 3.63) is 18.5 Å². The number of hydrogen-bond donors (Lipinski definition) is 1. The molecule has 1 aliphatic rings. The first-order valence-corrected chi connectivity index (χ1v) is 10.3. The number of amides is 1. The first kappa shape index (κ1) is 22.7. The van der Waals surface area contributed by atoms with Crippen LogP contribution in [0.15, 0.2) is 23.5 Å². The zero-order valence-electron chi connectivity index (χ0n) is 18.4. The molecule has 2 heterocycles. The maximum Gasteiger partial charge on any atom is 0.410 e. The van der Waals surface area contributed by atoms with Gasteiger partial charge in [0.15, 0.2) is 5.96 Å². The molecule has 1 fully saturated rings. The third-order valence-corrected chi connectivity index (χ3v) is 4.44. The van der Waals surface area contributed by atoms with Crippen molar-refractivity contribution >= 4 is 18.0 Å². The van der Waals surface area contributed by atoms with Gasteiger partial charge in [0.1, 0.15) is 5.60 Å². The van der Waals surface area contributed by atoms with E-state index in [2.05, 4.69) is 37.0 Å². The van der Waals surface area contributed by atoms with Gasteiger partial charge in [0.2, 0.25) is 5.95 Å². The van der Waals surface area contributed by atoms with Gasteiger partial charge in [0.25, 0.3) is 0 Å². The van der Waals surface area contributed by atoms with E-state index in [9.17, 15) is 4.79 Å². The molecule has 1 amide bonds. The van der Waals surface area contributed by atoms with Crippen LogP contribution in [-0.4, -0.2) is 90.3 Å². The molecule has 29 heavy (non-hydrogen) atoms. The number of carbonyl (C=O) groups is 1. The van der Waals surface area contributed by atoms with E-state index < -0.39 is 5.60 Å². The Morgan fingerprint density at radius 1 is 1.21 bits per heavy atom. The van der Waals surface area contributed by atoms with E-state index >= 15 is 0 Å². The summed E-state index contributed by atoms with van der Waals surface area (Å²) in [5, 5.41) is 3.38. The van der Waals surface area contributed by atoms with Gasteiger partial charge in [-0.1, -0.05) is 6.92 Å². The number of hydrogen-bond acceptors (Lipinski definition) is 6. The molecule has 0 atom stereocenters. The molecule has 0 radical (unpaired) electrons. The highest BCUT2D eigenvalue weighted by Gasteiger charge is 2.23. The lowest BCUT2D eigenvalue weighted by Gasteiger charge is -2.36. The Hall–Kier alpha value is -2.58. The topological polar surface area (TPSA) is 86.2 Å². The summed E-state index contributed by atoms with van der Waals surface area (Å²) in [6.45, 7) is 12.9. The van der Waals surface area contributed by atoms with Crippen LogP contribution >= 0.6 is 0 Å². The number of nitrogens with one attached hydrogen (secondary N) is 1. The van der Waals surface area contributed by atoms with Crippen molar-refractivity contribution in [3.63, 3.8) is 0 Å². The molecule has 0 unspecified atom stereocenters. The largest absolute Gasteiger partial charge is 0.444 e. The molecule has 0 spiro atoms. The summed E-state index contributed by atoms with van der Waals surface area (Å²) in [6.07, 6.45) is 4.15. The van der Waals surface area contributed by atoms with Gasteiger partial charge in [-0.25, -0.2) is 14.8 Å². The molecule has 9 nitrogen and oxygen atoms in total. The number of rotatable bonds is 6. The van der Waals surface area contributed by atoms with Gasteiger partial charge in [0.05, 0.1) is 0 Å². The molecule has 0 aliphatic carbocycles. The van der Waals surface area contributed by atoms with Crippen LogP contribution in [0.4, 0.5) is 10.7 Å². The van der Waals surface area contributed by atoms with Gasteiger partial charge in [-0.05, 0) is 33.3 Å². The fraction of sp³-hybridized carbons (Fsp3) is 0.700. The van der Waals surface area contributed by atoms with Crippen LogP contribution in [0.25, 0.3) is 0 Å². The highest BCUT2D eigenvalue weighted by molar-refractivity contribution is 5.80.